The highest BCUT2D eigenvalue weighted by Gasteiger charge is 2.23. The highest BCUT2D eigenvalue weighted by Crippen LogP contribution is 2.25. The van der Waals surface area contributed by atoms with Gasteiger partial charge in [-0.1, -0.05) is 23.2 Å². The lowest BCUT2D eigenvalue weighted by Gasteiger charge is -2.11. The van der Waals surface area contributed by atoms with E-state index in [9.17, 15) is 14.4 Å². The van der Waals surface area contributed by atoms with E-state index < -0.39 is 17.2 Å². The number of carboxylic acids is 2. The number of halogens is 2. The number of aliphatic carboxylic acids is 2. The van der Waals surface area contributed by atoms with Gasteiger partial charge in [-0.05, 0) is 18.2 Å². The van der Waals surface area contributed by atoms with Crippen molar-refractivity contribution in [2.75, 3.05) is 5.75 Å². The molecule has 0 aliphatic carbocycles. The number of carboxylic acid groups (broad SMARTS) is 2. The topological polar surface area (TPSA) is 91.7 Å². The Balaban J connectivity index is 2.69. The first-order chi connectivity index (χ1) is 9.81. The molecule has 1 atom stereocenters. The lowest BCUT2D eigenvalue weighted by atomic mass is 10.1. The Morgan fingerprint density at radius 3 is 2.33 bits per heavy atom. The molecule has 114 valence electrons. The van der Waals surface area contributed by atoms with Gasteiger partial charge in [-0.2, -0.15) is 0 Å². The zero-order valence-corrected chi connectivity index (χ0v) is 13.0. The van der Waals surface area contributed by atoms with Crippen LogP contribution in [0.25, 0.3) is 0 Å². The van der Waals surface area contributed by atoms with Gasteiger partial charge in [0.15, 0.2) is 5.78 Å². The molecule has 8 heteroatoms. The fourth-order valence-corrected chi connectivity index (χ4v) is 2.75. The summed E-state index contributed by atoms with van der Waals surface area (Å²) >= 11 is 12.5. The van der Waals surface area contributed by atoms with Crippen molar-refractivity contribution in [1.29, 1.82) is 0 Å². The van der Waals surface area contributed by atoms with Crippen LogP contribution in [-0.4, -0.2) is 38.9 Å². The van der Waals surface area contributed by atoms with Gasteiger partial charge >= 0.3 is 11.9 Å². The van der Waals surface area contributed by atoms with E-state index in [0.29, 0.717) is 5.02 Å². The minimum absolute atomic E-state index is 0.126. The van der Waals surface area contributed by atoms with Gasteiger partial charge in [0, 0.05) is 17.7 Å². The molecule has 1 rings (SSSR count). The van der Waals surface area contributed by atoms with Crippen molar-refractivity contribution in [2.24, 2.45) is 0 Å². The monoisotopic (exact) mass is 350 g/mol. The quantitative estimate of drug-likeness (QED) is 0.699. The van der Waals surface area contributed by atoms with Crippen molar-refractivity contribution in [2.45, 2.75) is 18.1 Å². The largest absolute Gasteiger partial charge is 0.481 e. The molecule has 1 aromatic rings. The second-order valence-corrected chi connectivity index (χ2v) is 6.22. The summed E-state index contributed by atoms with van der Waals surface area (Å²) in [7, 11) is 0. The highest BCUT2D eigenvalue weighted by atomic mass is 35.5. The standard InChI is InChI=1S/C13H12Cl2O5S/c14-8-2-1-7(5-9(8)15)10(16)6-11(13(19)20)21-4-3-12(17)18/h1-2,5,11H,3-4,6H2,(H,17,18)(H,19,20). The first-order valence-electron chi connectivity index (χ1n) is 5.85. The summed E-state index contributed by atoms with van der Waals surface area (Å²) < 4.78 is 0. The summed E-state index contributed by atoms with van der Waals surface area (Å²) in [4.78, 5) is 33.5. The second-order valence-electron chi connectivity index (χ2n) is 4.10. The predicted octanol–water partition coefficient (Wildman–Crippen LogP) is 3.23. The number of rotatable bonds is 8. The molecule has 0 spiro atoms. The van der Waals surface area contributed by atoms with Gasteiger partial charge < -0.3 is 10.2 Å². The number of carbonyl (C=O) groups excluding carboxylic acids is 1. The number of ketones is 1. The van der Waals surface area contributed by atoms with Gasteiger partial charge in [0.05, 0.1) is 16.5 Å². The zero-order chi connectivity index (χ0) is 16.0. The maximum atomic E-state index is 12.0. The molecule has 0 bridgehead atoms. The molecule has 0 aliphatic heterocycles. The van der Waals surface area contributed by atoms with Crippen LogP contribution in [0.3, 0.4) is 0 Å². The third-order valence-corrected chi connectivity index (χ3v) is 4.47. The molecule has 1 aromatic carbocycles. The maximum absolute atomic E-state index is 12.0. The fraction of sp³-hybridized carbons (Fsp3) is 0.308. The number of thioether (sulfide) groups is 1. The van der Waals surface area contributed by atoms with E-state index in [0.717, 1.165) is 11.8 Å². The Labute approximate surface area is 135 Å². The Bertz CT molecular complexity index is 561. The third-order valence-electron chi connectivity index (χ3n) is 2.52. The van der Waals surface area contributed by atoms with Crippen LogP contribution >= 0.6 is 35.0 Å². The van der Waals surface area contributed by atoms with Crippen LogP contribution in [0.4, 0.5) is 0 Å². The number of Topliss-reactive ketones (excluding diaryl/α,β-unsaturated/α-hetero) is 1. The predicted molar refractivity (Wildman–Crippen MR) is 81.5 cm³/mol. The van der Waals surface area contributed by atoms with Crippen molar-refractivity contribution in [3.8, 4) is 0 Å². The SMILES string of the molecule is O=C(O)CCSC(CC(=O)c1ccc(Cl)c(Cl)c1)C(=O)O. The first kappa shape index (κ1) is 17.8. The van der Waals surface area contributed by atoms with Crippen molar-refractivity contribution in [1.82, 2.24) is 0 Å². The molecule has 2 N–H and O–H groups in total. The average molecular weight is 351 g/mol. The number of hydrogen-bond acceptors (Lipinski definition) is 4. The summed E-state index contributed by atoms with van der Waals surface area (Å²) in [5, 5.41) is 17.1. The van der Waals surface area contributed by atoms with Crippen LogP contribution in [0.15, 0.2) is 18.2 Å². The summed E-state index contributed by atoms with van der Waals surface area (Å²) in [6.45, 7) is 0. The van der Waals surface area contributed by atoms with Crippen molar-refractivity contribution < 1.29 is 24.6 Å². The smallest absolute Gasteiger partial charge is 0.317 e. The van der Waals surface area contributed by atoms with Crippen molar-refractivity contribution in [3.63, 3.8) is 0 Å². The molecule has 0 fully saturated rings. The van der Waals surface area contributed by atoms with Crippen LogP contribution in [-0.2, 0) is 9.59 Å². The van der Waals surface area contributed by atoms with Gasteiger partial charge in [-0.25, -0.2) is 0 Å². The molecule has 0 saturated carbocycles. The van der Waals surface area contributed by atoms with E-state index in [2.05, 4.69) is 0 Å². The zero-order valence-electron chi connectivity index (χ0n) is 10.7. The molecule has 21 heavy (non-hydrogen) atoms. The van der Waals surface area contributed by atoms with E-state index >= 15 is 0 Å². The van der Waals surface area contributed by atoms with Crippen LogP contribution in [0.1, 0.15) is 23.2 Å². The molecule has 5 nitrogen and oxygen atoms in total. The number of carbonyl (C=O) groups is 3. The van der Waals surface area contributed by atoms with Crippen LogP contribution < -0.4 is 0 Å². The summed E-state index contributed by atoms with van der Waals surface area (Å²) in [6, 6.07) is 4.31. The molecule has 0 aliphatic rings. The first-order valence-corrected chi connectivity index (χ1v) is 7.66. The van der Waals surface area contributed by atoms with E-state index in [4.69, 9.17) is 33.4 Å². The van der Waals surface area contributed by atoms with Crippen LogP contribution in [0.2, 0.25) is 10.0 Å². The molecule has 0 amide bonds. The molecule has 0 aromatic heterocycles. The van der Waals surface area contributed by atoms with Crippen molar-refractivity contribution in [3.05, 3.63) is 33.8 Å². The Kier molecular flexibility index (Phi) is 7.01. The van der Waals surface area contributed by atoms with E-state index in [1.165, 1.54) is 18.2 Å². The Morgan fingerprint density at radius 2 is 1.81 bits per heavy atom. The van der Waals surface area contributed by atoms with Gasteiger partial charge in [-0.15, -0.1) is 11.8 Å². The van der Waals surface area contributed by atoms with Gasteiger partial charge in [0.2, 0.25) is 0 Å². The maximum Gasteiger partial charge on any atom is 0.317 e. The normalized spacial score (nSPS) is 11.9. The summed E-state index contributed by atoms with van der Waals surface area (Å²) in [5.74, 6) is -2.42. The Hall–Kier alpha value is -1.24. The lowest BCUT2D eigenvalue weighted by molar-refractivity contribution is -0.137. The minimum Gasteiger partial charge on any atom is -0.481 e. The van der Waals surface area contributed by atoms with Gasteiger partial charge in [0.25, 0.3) is 0 Å². The van der Waals surface area contributed by atoms with E-state index in [1.807, 2.05) is 0 Å². The molecule has 1 unspecified atom stereocenters. The van der Waals surface area contributed by atoms with E-state index in [1.54, 1.807) is 0 Å². The molecular formula is C13H12Cl2O5S. The molecule has 0 saturated heterocycles. The molecule has 0 radical (unpaired) electrons. The molecule has 0 heterocycles. The van der Waals surface area contributed by atoms with Crippen LogP contribution in [0.5, 0.6) is 0 Å². The van der Waals surface area contributed by atoms with Crippen molar-refractivity contribution >= 4 is 52.7 Å². The summed E-state index contributed by atoms with van der Waals surface area (Å²) in [6.07, 6.45) is -0.396. The van der Waals surface area contributed by atoms with Gasteiger partial charge in [0.1, 0.15) is 5.25 Å². The average Bonchev–Trinajstić information content (AvgIpc) is 2.40. The molecular weight excluding hydrogens is 339 g/mol. The fourth-order valence-electron chi connectivity index (χ4n) is 1.46. The van der Waals surface area contributed by atoms with E-state index in [-0.39, 0.29) is 35.0 Å². The second kappa shape index (κ2) is 8.26. The lowest BCUT2D eigenvalue weighted by Crippen LogP contribution is -2.21. The van der Waals surface area contributed by atoms with Gasteiger partial charge in [-0.3, -0.25) is 14.4 Å². The highest BCUT2D eigenvalue weighted by molar-refractivity contribution is 8.00. The summed E-state index contributed by atoms with van der Waals surface area (Å²) in [5.41, 5.74) is 0.273. The third kappa shape index (κ3) is 5.95. The minimum atomic E-state index is -1.15. The number of hydrogen-bond donors (Lipinski definition) is 2. The Morgan fingerprint density at radius 1 is 1.14 bits per heavy atom. The number of benzene rings is 1. The van der Waals surface area contributed by atoms with Crippen LogP contribution in [0, 0.1) is 0 Å².